The summed E-state index contributed by atoms with van der Waals surface area (Å²) >= 11 is 0. The van der Waals surface area contributed by atoms with E-state index in [2.05, 4.69) is 36.3 Å². The third kappa shape index (κ3) is 9.00. The van der Waals surface area contributed by atoms with Gasteiger partial charge in [-0.15, -0.1) is 0 Å². The third-order valence-electron chi connectivity index (χ3n) is 4.85. The number of morpholine rings is 1. The fraction of sp³-hybridized carbons (Fsp3) is 0.636. The van der Waals surface area contributed by atoms with Crippen LogP contribution < -0.4 is 21.1 Å². The summed E-state index contributed by atoms with van der Waals surface area (Å²) in [6.07, 6.45) is 1.13. The highest BCUT2D eigenvalue weighted by atomic mass is 16.5. The highest BCUT2D eigenvalue weighted by Crippen LogP contribution is 2.15. The van der Waals surface area contributed by atoms with Crippen molar-refractivity contribution < 1.29 is 14.3 Å². The van der Waals surface area contributed by atoms with E-state index in [0.717, 1.165) is 57.3 Å². The fourth-order valence-electron chi connectivity index (χ4n) is 3.46. The zero-order valence-electron chi connectivity index (χ0n) is 18.5. The first-order valence-electron chi connectivity index (χ1n) is 10.8. The molecule has 1 aromatic rings. The van der Waals surface area contributed by atoms with Crippen molar-refractivity contribution in [1.82, 2.24) is 15.5 Å². The van der Waals surface area contributed by atoms with E-state index in [1.165, 1.54) is 0 Å². The lowest BCUT2D eigenvalue weighted by Gasteiger charge is -2.35. The molecule has 0 aromatic heterocycles. The number of rotatable bonds is 11. The largest absolute Gasteiger partial charge is 0.484 e. The van der Waals surface area contributed by atoms with Crippen LogP contribution in [0.15, 0.2) is 29.3 Å². The van der Waals surface area contributed by atoms with Crippen LogP contribution in [0, 0.1) is 5.92 Å². The number of guanidine groups is 1. The number of hydrogen-bond donors (Lipinski definition) is 3. The van der Waals surface area contributed by atoms with E-state index in [4.69, 9.17) is 20.2 Å². The lowest BCUT2D eigenvalue weighted by molar-refractivity contribution is -0.119. The van der Waals surface area contributed by atoms with Gasteiger partial charge in [-0.2, -0.15) is 0 Å². The lowest BCUT2D eigenvalue weighted by atomic mass is 10.0. The van der Waals surface area contributed by atoms with Gasteiger partial charge in [0.25, 0.3) is 5.91 Å². The van der Waals surface area contributed by atoms with E-state index in [0.29, 0.717) is 24.3 Å². The highest BCUT2D eigenvalue weighted by molar-refractivity contribution is 5.79. The predicted molar refractivity (Wildman–Crippen MR) is 120 cm³/mol. The second kappa shape index (κ2) is 13.1. The Morgan fingerprint density at radius 3 is 2.73 bits per heavy atom. The molecule has 1 heterocycles. The lowest BCUT2D eigenvalue weighted by Crippen LogP contribution is -2.51. The molecule has 1 saturated heterocycles. The molecule has 1 aliphatic rings. The Hall–Kier alpha value is -2.32. The summed E-state index contributed by atoms with van der Waals surface area (Å²) in [4.78, 5) is 18.1. The highest BCUT2D eigenvalue weighted by Gasteiger charge is 2.22. The first-order chi connectivity index (χ1) is 14.5. The summed E-state index contributed by atoms with van der Waals surface area (Å²) in [7, 11) is 0. The molecule has 0 bridgehead atoms. The van der Waals surface area contributed by atoms with Gasteiger partial charge >= 0.3 is 0 Å². The van der Waals surface area contributed by atoms with Gasteiger partial charge in [-0.05, 0) is 37.0 Å². The van der Waals surface area contributed by atoms with Crippen molar-refractivity contribution in [1.29, 1.82) is 0 Å². The Labute approximate surface area is 180 Å². The number of carbonyl (C=O) groups is 1. The first kappa shape index (κ1) is 24.0. The van der Waals surface area contributed by atoms with E-state index in [1.54, 1.807) is 6.07 Å². The Morgan fingerprint density at radius 2 is 2.07 bits per heavy atom. The first-order valence-corrected chi connectivity index (χ1v) is 10.8. The van der Waals surface area contributed by atoms with Crippen LogP contribution in [0.4, 0.5) is 0 Å². The van der Waals surface area contributed by atoms with Crippen molar-refractivity contribution in [3.8, 4) is 5.75 Å². The van der Waals surface area contributed by atoms with E-state index >= 15 is 0 Å². The van der Waals surface area contributed by atoms with Crippen molar-refractivity contribution in [2.24, 2.45) is 16.6 Å². The van der Waals surface area contributed by atoms with Gasteiger partial charge in [-0.3, -0.25) is 9.69 Å². The van der Waals surface area contributed by atoms with Crippen molar-refractivity contribution >= 4 is 11.9 Å². The van der Waals surface area contributed by atoms with Crippen LogP contribution in [-0.2, 0) is 16.1 Å². The Balaban J connectivity index is 1.97. The summed E-state index contributed by atoms with van der Waals surface area (Å²) in [5.41, 5.74) is 6.14. The summed E-state index contributed by atoms with van der Waals surface area (Å²) in [5, 5.41) is 6.83. The summed E-state index contributed by atoms with van der Waals surface area (Å²) in [6, 6.07) is 8.00. The number of benzene rings is 1. The van der Waals surface area contributed by atoms with Crippen molar-refractivity contribution in [2.45, 2.75) is 39.8 Å². The van der Waals surface area contributed by atoms with Gasteiger partial charge in [0, 0.05) is 32.2 Å². The second-order valence-electron chi connectivity index (χ2n) is 7.91. The molecule has 1 atom stereocenters. The average molecular weight is 420 g/mol. The minimum absolute atomic E-state index is 0.129. The molecule has 1 fully saturated rings. The predicted octanol–water partition coefficient (Wildman–Crippen LogP) is 1.35. The van der Waals surface area contributed by atoms with Crippen LogP contribution >= 0.6 is 0 Å². The quantitative estimate of drug-likeness (QED) is 0.370. The number of primary amides is 1. The van der Waals surface area contributed by atoms with Crippen LogP contribution in [0.25, 0.3) is 0 Å². The number of amides is 1. The second-order valence-corrected chi connectivity index (χ2v) is 7.91. The van der Waals surface area contributed by atoms with Gasteiger partial charge in [0.1, 0.15) is 5.75 Å². The SMILES string of the molecule is CCNC(=NCc1cccc(OCC(N)=O)c1)NCC(CC(C)C)N1CCOCC1. The van der Waals surface area contributed by atoms with Gasteiger partial charge in [-0.25, -0.2) is 4.99 Å². The van der Waals surface area contributed by atoms with Crippen LogP contribution in [0.5, 0.6) is 5.75 Å². The molecule has 1 amide bonds. The molecule has 1 unspecified atom stereocenters. The molecule has 1 aliphatic heterocycles. The van der Waals surface area contributed by atoms with Gasteiger partial charge in [0.2, 0.25) is 0 Å². The Bertz CT molecular complexity index is 674. The zero-order chi connectivity index (χ0) is 21.8. The van der Waals surface area contributed by atoms with Crippen molar-refractivity contribution in [3.05, 3.63) is 29.8 Å². The van der Waals surface area contributed by atoms with E-state index in [1.807, 2.05) is 18.2 Å². The average Bonchev–Trinajstić information content (AvgIpc) is 2.74. The van der Waals surface area contributed by atoms with Crippen LogP contribution in [0.1, 0.15) is 32.8 Å². The maximum Gasteiger partial charge on any atom is 0.255 e. The van der Waals surface area contributed by atoms with E-state index in [9.17, 15) is 4.79 Å². The van der Waals surface area contributed by atoms with Gasteiger partial charge in [0.15, 0.2) is 12.6 Å². The molecule has 2 rings (SSSR count). The molecular formula is C22H37N5O3. The molecule has 1 aromatic carbocycles. The summed E-state index contributed by atoms with van der Waals surface area (Å²) in [6.45, 7) is 12.2. The number of nitrogens with one attached hydrogen (secondary N) is 2. The number of hydrogen-bond acceptors (Lipinski definition) is 5. The number of nitrogens with two attached hydrogens (primary N) is 1. The standard InChI is InChI=1S/C22H37N5O3/c1-4-24-22(25-14-18-6-5-7-20(13-18)30-16-21(23)28)26-15-19(12-17(2)3)27-8-10-29-11-9-27/h5-7,13,17,19H,4,8-12,14-16H2,1-3H3,(H2,23,28)(H2,24,25,26). The van der Waals surface area contributed by atoms with Crippen LogP contribution in [0.2, 0.25) is 0 Å². The van der Waals surface area contributed by atoms with Crippen LogP contribution in [-0.4, -0.2) is 68.8 Å². The topological polar surface area (TPSA) is 101 Å². The van der Waals surface area contributed by atoms with Crippen LogP contribution in [0.3, 0.4) is 0 Å². The Morgan fingerprint density at radius 1 is 1.30 bits per heavy atom. The van der Waals surface area contributed by atoms with E-state index < -0.39 is 5.91 Å². The number of ether oxygens (including phenoxy) is 2. The normalized spacial score (nSPS) is 16.3. The fourth-order valence-corrected chi connectivity index (χ4v) is 3.46. The molecule has 8 nitrogen and oxygen atoms in total. The van der Waals surface area contributed by atoms with Gasteiger partial charge < -0.3 is 25.8 Å². The minimum atomic E-state index is -0.492. The smallest absolute Gasteiger partial charge is 0.255 e. The van der Waals surface area contributed by atoms with Crippen molar-refractivity contribution in [2.75, 3.05) is 46.0 Å². The number of aliphatic imine (C=N–C) groups is 1. The van der Waals surface area contributed by atoms with Gasteiger partial charge in [-0.1, -0.05) is 26.0 Å². The summed E-state index contributed by atoms with van der Waals surface area (Å²) < 4.78 is 10.9. The van der Waals surface area contributed by atoms with Crippen molar-refractivity contribution in [3.63, 3.8) is 0 Å². The molecular weight excluding hydrogens is 382 g/mol. The molecule has 0 aliphatic carbocycles. The molecule has 168 valence electrons. The zero-order valence-corrected chi connectivity index (χ0v) is 18.5. The Kier molecular flexibility index (Phi) is 10.4. The number of carbonyl (C=O) groups excluding carboxylic acids is 1. The molecule has 8 heteroatoms. The van der Waals surface area contributed by atoms with Gasteiger partial charge in [0.05, 0.1) is 19.8 Å². The maximum absolute atomic E-state index is 10.9. The third-order valence-corrected chi connectivity index (χ3v) is 4.85. The molecule has 30 heavy (non-hydrogen) atoms. The monoisotopic (exact) mass is 419 g/mol. The minimum Gasteiger partial charge on any atom is -0.484 e. The molecule has 4 N–H and O–H groups in total. The molecule has 0 radical (unpaired) electrons. The number of nitrogens with zero attached hydrogens (tertiary/aromatic N) is 2. The molecule has 0 saturated carbocycles. The summed E-state index contributed by atoms with van der Waals surface area (Å²) in [5.74, 6) is 1.54. The molecule has 0 spiro atoms. The van der Waals surface area contributed by atoms with E-state index in [-0.39, 0.29) is 6.61 Å². The maximum atomic E-state index is 10.9.